The van der Waals surface area contributed by atoms with E-state index < -0.39 is 0 Å². The highest BCUT2D eigenvalue weighted by Gasteiger charge is 2.36. The highest BCUT2D eigenvalue weighted by Crippen LogP contribution is 2.45. The molecule has 1 fully saturated rings. The first-order valence-electron chi connectivity index (χ1n) is 11.5. The number of ether oxygens (including phenoxy) is 2. The third-order valence-corrected chi connectivity index (χ3v) is 6.02. The molecule has 0 saturated heterocycles. The van der Waals surface area contributed by atoms with Gasteiger partial charge in [-0.1, -0.05) is 46.5 Å². The van der Waals surface area contributed by atoms with Gasteiger partial charge >= 0.3 is 0 Å². The van der Waals surface area contributed by atoms with Crippen LogP contribution in [0.4, 0.5) is 0 Å². The lowest BCUT2D eigenvalue weighted by Crippen LogP contribution is -2.37. The molecule has 0 bridgehead atoms. The molecule has 1 N–H and O–H groups in total. The third-order valence-electron chi connectivity index (χ3n) is 5.76. The number of halogens is 1. The molecule has 4 nitrogen and oxygen atoms in total. The molecule has 0 aromatic carbocycles. The molecule has 3 atom stereocenters. The maximum absolute atomic E-state index is 12.4. The van der Waals surface area contributed by atoms with Crippen LogP contribution in [0.1, 0.15) is 85.0 Å². The van der Waals surface area contributed by atoms with Gasteiger partial charge in [-0.2, -0.15) is 0 Å². The SMILES string of the molecule is CCCC1CC(C)CC(C)(CC(=O)NCCOCCOCCCCCCCl)C1. The van der Waals surface area contributed by atoms with E-state index in [1.54, 1.807) is 0 Å². The van der Waals surface area contributed by atoms with Gasteiger partial charge in [-0.25, -0.2) is 0 Å². The predicted molar refractivity (Wildman–Crippen MR) is 118 cm³/mol. The monoisotopic (exact) mass is 417 g/mol. The highest BCUT2D eigenvalue weighted by molar-refractivity contribution is 6.17. The topological polar surface area (TPSA) is 47.6 Å². The minimum atomic E-state index is 0.153. The van der Waals surface area contributed by atoms with E-state index >= 15 is 0 Å². The zero-order valence-electron chi connectivity index (χ0n) is 18.6. The van der Waals surface area contributed by atoms with Crippen LogP contribution in [0.15, 0.2) is 0 Å². The van der Waals surface area contributed by atoms with E-state index in [4.69, 9.17) is 21.1 Å². The Bertz CT molecular complexity index is 407. The highest BCUT2D eigenvalue weighted by atomic mass is 35.5. The van der Waals surface area contributed by atoms with E-state index in [1.807, 2.05) is 0 Å². The lowest BCUT2D eigenvalue weighted by Gasteiger charge is -2.41. The van der Waals surface area contributed by atoms with Gasteiger partial charge in [0.2, 0.25) is 5.91 Å². The zero-order valence-corrected chi connectivity index (χ0v) is 19.3. The molecular weight excluding hydrogens is 374 g/mol. The normalized spacial score (nSPS) is 25.0. The van der Waals surface area contributed by atoms with Crippen LogP contribution in [0.3, 0.4) is 0 Å². The smallest absolute Gasteiger partial charge is 0.220 e. The van der Waals surface area contributed by atoms with Crippen LogP contribution in [-0.4, -0.2) is 44.8 Å². The van der Waals surface area contributed by atoms with Gasteiger partial charge in [0.1, 0.15) is 0 Å². The van der Waals surface area contributed by atoms with Gasteiger partial charge in [0.05, 0.1) is 19.8 Å². The number of alkyl halides is 1. The molecular formula is C23H44ClNO3. The molecule has 0 aromatic rings. The maximum Gasteiger partial charge on any atom is 0.220 e. The summed E-state index contributed by atoms with van der Waals surface area (Å²) < 4.78 is 11.1. The summed E-state index contributed by atoms with van der Waals surface area (Å²) in [7, 11) is 0. The van der Waals surface area contributed by atoms with Crippen molar-refractivity contribution >= 4 is 17.5 Å². The minimum absolute atomic E-state index is 0.153. The largest absolute Gasteiger partial charge is 0.379 e. The van der Waals surface area contributed by atoms with Crippen molar-refractivity contribution in [1.29, 1.82) is 0 Å². The second-order valence-electron chi connectivity index (χ2n) is 9.07. The maximum atomic E-state index is 12.4. The Hall–Kier alpha value is -0.320. The van der Waals surface area contributed by atoms with Crippen LogP contribution >= 0.6 is 11.6 Å². The number of hydrogen-bond acceptors (Lipinski definition) is 3. The first-order valence-corrected chi connectivity index (χ1v) is 12.0. The molecule has 1 saturated carbocycles. The van der Waals surface area contributed by atoms with Crippen molar-refractivity contribution in [3.63, 3.8) is 0 Å². The number of nitrogens with one attached hydrogen (secondary N) is 1. The van der Waals surface area contributed by atoms with Gasteiger partial charge in [-0.05, 0) is 49.4 Å². The third kappa shape index (κ3) is 12.3. The molecule has 1 aliphatic carbocycles. The molecule has 1 rings (SSSR count). The summed E-state index contributed by atoms with van der Waals surface area (Å²) in [6.45, 7) is 10.0. The summed E-state index contributed by atoms with van der Waals surface area (Å²) in [6, 6.07) is 0. The summed E-state index contributed by atoms with van der Waals surface area (Å²) >= 11 is 5.65. The molecule has 5 heteroatoms. The number of carbonyl (C=O) groups is 1. The van der Waals surface area contributed by atoms with Crippen molar-refractivity contribution in [1.82, 2.24) is 5.32 Å². The van der Waals surface area contributed by atoms with E-state index in [0.29, 0.717) is 32.8 Å². The quantitative estimate of drug-likeness (QED) is 0.264. The number of carbonyl (C=O) groups excluding carboxylic acids is 1. The van der Waals surface area contributed by atoms with Crippen LogP contribution in [0, 0.1) is 17.3 Å². The molecule has 0 radical (unpaired) electrons. The standard InChI is InChI=1S/C23H44ClNO3/c1-4-9-21-16-20(2)17-23(3,18-21)19-22(26)25-11-13-28-15-14-27-12-8-6-5-7-10-24/h20-21H,4-19H2,1-3H3,(H,25,26). The summed E-state index contributed by atoms with van der Waals surface area (Å²) in [5.74, 6) is 2.44. The molecule has 3 unspecified atom stereocenters. The molecule has 0 spiro atoms. The average Bonchev–Trinajstić information content (AvgIpc) is 2.61. The van der Waals surface area contributed by atoms with Crippen molar-refractivity contribution in [3.8, 4) is 0 Å². The summed E-state index contributed by atoms with van der Waals surface area (Å²) in [5, 5.41) is 3.03. The Kier molecular flexibility index (Phi) is 14.2. The Morgan fingerprint density at radius 2 is 1.79 bits per heavy atom. The molecule has 1 amide bonds. The number of rotatable bonds is 16. The lowest BCUT2D eigenvalue weighted by atomic mass is 9.64. The van der Waals surface area contributed by atoms with E-state index in [2.05, 4.69) is 26.1 Å². The average molecular weight is 418 g/mol. The van der Waals surface area contributed by atoms with E-state index in [1.165, 1.54) is 44.9 Å². The Morgan fingerprint density at radius 1 is 1.07 bits per heavy atom. The van der Waals surface area contributed by atoms with Crippen molar-refractivity contribution in [3.05, 3.63) is 0 Å². The minimum Gasteiger partial charge on any atom is -0.379 e. The van der Waals surface area contributed by atoms with E-state index in [9.17, 15) is 4.79 Å². The zero-order chi connectivity index (χ0) is 20.7. The summed E-state index contributed by atoms with van der Waals surface area (Å²) in [6.07, 6.45) is 11.4. The number of hydrogen-bond donors (Lipinski definition) is 1. The molecule has 0 aromatic heterocycles. The van der Waals surface area contributed by atoms with Gasteiger partial charge in [0.15, 0.2) is 0 Å². The summed E-state index contributed by atoms with van der Waals surface area (Å²) in [4.78, 5) is 12.4. The van der Waals surface area contributed by atoms with Crippen LogP contribution in [0.25, 0.3) is 0 Å². The van der Waals surface area contributed by atoms with Crippen molar-refractivity contribution < 1.29 is 14.3 Å². The Morgan fingerprint density at radius 3 is 2.50 bits per heavy atom. The van der Waals surface area contributed by atoms with Gasteiger partial charge < -0.3 is 14.8 Å². The molecule has 1 aliphatic rings. The molecule has 166 valence electrons. The second kappa shape index (κ2) is 15.5. The summed E-state index contributed by atoms with van der Waals surface area (Å²) in [5.41, 5.74) is 0.153. The van der Waals surface area contributed by atoms with Crippen LogP contribution in [0.5, 0.6) is 0 Å². The lowest BCUT2D eigenvalue weighted by molar-refractivity contribution is -0.124. The van der Waals surface area contributed by atoms with Gasteiger partial charge in [-0.3, -0.25) is 4.79 Å². The van der Waals surface area contributed by atoms with Crippen LogP contribution in [-0.2, 0) is 14.3 Å². The van der Waals surface area contributed by atoms with Gasteiger partial charge in [0.25, 0.3) is 0 Å². The fourth-order valence-corrected chi connectivity index (χ4v) is 5.01. The fourth-order valence-electron chi connectivity index (χ4n) is 4.82. The molecule has 0 heterocycles. The Labute approximate surface area is 178 Å². The van der Waals surface area contributed by atoms with Gasteiger partial charge in [-0.15, -0.1) is 11.6 Å². The number of amides is 1. The second-order valence-corrected chi connectivity index (χ2v) is 9.45. The number of unbranched alkanes of at least 4 members (excludes halogenated alkanes) is 3. The van der Waals surface area contributed by atoms with Crippen LogP contribution in [0.2, 0.25) is 0 Å². The van der Waals surface area contributed by atoms with Gasteiger partial charge in [0, 0.05) is 25.5 Å². The Balaban J connectivity index is 2.03. The van der Waals surface area contributed by atoms with E-state index in [-0.39, 0.29) is 11.3 Å². The van der Waals surface area contributed by atoms with Crippen molar-refractivity contribution in [2.75, 3.05) is 38.9 Å². The van der Waals surface area contributed by atoms with E-state index in [0.717, 1.165) is 37.2 Å². The van der Waals surface area contributed by atoms with Crippen LogP contribution < -0.4 is 5.32 Å². The predicted octanol–water partition coefficient (Wildman–Crippen LogP) is 5.57. The van der Waals surface area contributed by atoms with Crippen molar-refractivity contribution in [2.45, 2.75) is 85.0 Å². The first kappa shape index (κ1) is 25.7. The first-order chi connectivity index (χ1) is 13.5. The van der Waals surface area contributed by atoms with Crippen molar-refractivity contribution in [2.24, 2.45) is 17.3 Å². The molecule has 0 aliphatic heterocycles. The molecule has 28 heavy (non-hydrogen) atoms. The fraction of sp³-hybridized carbons (Fsp3) is 0.957.